The van der Waals surface area contributed by atoms with Crippen LogP contribution in [0, 0.1) is 36.2 Å². The van der Waals surface area contributed by atoms with Crippen LogP contribution in [-0.4, -0.2) is 14.8 Å². The van der Waals surface area contributed by atoms with Crippen molar-refractivity contribution in [2.24, 2.45) is 0 Å². The van der Waals surface area contributed by atoms with Crippen LogP contribution >= 0.6 is 63.7 Å². The number of hydrogen-bond donors (Lipinski definition) is 1. The molecule has 0 aromatic heterocycles. The van der Waals surface area contributed by atoms with Crippen molar-refractivity contribution in [3.05, 3.63) is 66.2 Å². The van der Waals surface area contributed by atoms with Crippen molar-refractivity contribution < 1.29 is 19.2 Å². The largest absolute Gasteiger partial charge is 0.342 e. The molecule has 2 aromatic carbocycles. The van der Waals surface area contributed by atoms with Crippen LogP contribution in [-0.2, 0) is 0 Å². The van der Waals surface area contributed by atoms with Crippen molar-refractivity contribution in [2.75, 3.05) is 5.32 Å². The molecule has 0 saturated carbocycles. The highest BCUT2D eigenvalue weighted by Crippen LogP contribution is 2.48. The molecule has 0 amide bonds. The second-order valence-corrected chi connectivity index (χ2v) is 7.87. The number of nitrogens with one attached hydrogen (secondary N) is 1. The van der Waals surface area contributed by atoms with E-state index in [1.54, 1.807) is 0 Å². The number of non-ortho nitro benzene ring substituents is 1. The van der Waals surface area contributed by atoms with E-state index in [1.165, 1.54) is 0 Å². The van der Waals surface area contributed by atoms with E-state index in [0.29, 0.717) is 12.1 Å². The number of nitro benzene ring substituents is 3. The predicted molar refractivity (Wildman–Crippen MR) is 107 cm³/mol. The zero-order valence-corrected chi connectivity index (χ0v) is 18.7. The maximum atomic E-state index is 14.1. The first-order chi connectivity index (χ1) is 12.5. The molecule has 0 heterocycles. The Balaban J connectivity index is 2.82. The topological polar surface area (TPSA) is 141 Å². The Morgan fingerprint density at radius 3 is 1.48 bits per heavy atom. The van der Waals surface area contributed by atoms with Gasteiger partial charge in [-0.3, -0.25) is 30.3 Å². The number of benzene rings is 2. The summed E-state index contributed by atoms with van der Waals surface area (Å²) in [5.41, 5.74) is -3.21. The van der Waals surface area contributed by atoms with Crippen molar-refractivity contribution >= 4 is 92.2 Å². The van der Waals surface area contributed by atoms with Gasteiger partial charge in [-0.15, -0.1) is 0 Å². The van der Waals surface area contributed by atoms with Crippen LogP contribution in [0.1, 0.15) is 0 Å². The van der Waals surface area contributed by atoms with Gasteiger partial charge < -0.3 is 5.32 Å². The fourth-order valence-corrected chi connectivity index (χ4v) is 4.23. The van der Waals surface area contributed by atoms with Crippen LogP contribution in [0.4, 0.5) is 32.8 Å². The van der Waals surface area contributed by atoms with Crippen LogP contribution in [0.3, 0.4) is 0 Å². The lowest BCUT2D eigenvalue weighted by molar-refractivity contribution is -0.401. The van der Waals surface area contributed by atoms with Crippen molar-refractivity contribution in [1.82, 2.24) is 0 Å². The average molecular weight is 638 g/mol. The minimum Gasteiger partial charge on any atom is -0.342 e. The first-order valence-corrected chi connectivity index (χ1v) is 9.54. The van der Waals surface area contributed by atoms with Gasteiger partial charge in [0.2, 0.25) is 0 Å². The van der Waals surface area contributed by atoms with Gasteiger partial charge in [0.15, 0.2) is 11.5 Å². The highest BCUT2D eigenvalue weighted by molar-refractivity contribution is 9.14. The Morgan fingerprint density at radius 2 is 1.15 bits per heavy atom. The Morgan fingerprint density at radius 1 is 0.741 bits per heavy atom. The smallest absolute Gasteiger partial charge is 0.306 e. The summed E-state index contributed by atoms with van der Waals surface area (Å²) in [6.07, 6.45) is 0. The maximum Gasteiger partial charge on any atom is 0.306 e. The molecule has 0 atom stereocenters. The first kappa shape index (κ1) is 21.6. The summed E-state index contributed by atoms with van der Waals surface area (Å²) in [4.78, 5) is 30.6. The van der Waals surface area contributed by atoms with E-state index in [9.17, 15) is 34.7 Å². The van der Waals surface area contributed by atoms with Crippen LogP contribution in [0.25, 0.3) is 0 Å². The summed E-state index contributed by atoms with van der Waals surface area (Å²) in [6, 6.07) is 1.18. The summed E-state index contributed by atoms with van der Waals surface area (Å²) in [6.45, 7) is 0. The number of nitrogens with zero attached hydrogens (tertiary/aromatic N) is 3. The Kier molecular flexibility index (Phi) is 6.49. The van der Waals surface area contributed by atoms with E-state index in [-0.39, 0.29) is 23.6 Å². The van der Waals surface area contributed by atoms with Gasteiger partial charge in [0.05, 0.1) is 50.5 Å². The van der Waals surface area contributed by atoms with Crippen LogP contribution in [0.5, 0.6) is 0 Å². The Labute approximate surface area is 182 Å². The van der Waals surface area contributed by atoms with E-state index in [1.807, 2.05) is 0 Å². The second-order valence-electron chi connectivity index (χ2n) is 4.70. The molecule has 2 aromatic rings. The molecule has 142 valence electrons. The summed E-state index contributed by atoms with van der Waals surface area (Å²) in [5.74, 6) is -0.702. The molecule has 0 aliphatic rings. The highest BCUT2D eigenvalue weighted by Gasteiger charge is 2.32. The molecule has 0 aliphatic carbocycles. The molecular formula is C12H3Br4FN4O6. The molecule has 15 heteroatoms. The van der Waals surface area contributed by atoms with Gasteiger partial charge >= 0.3 is 11.4 Å². The molecule has 0 spiro atoms. The minimum atomic E-state index is -1.00. The quantitative estimate of drug-likeness (QED) is 0.174. The molecule has 0 aliphatic heterocycles. The van der Waals surface area contributed by atoms with E-state index >= 15 is 0 Å². The summed E-state index contributed by atoms with van der Waals surface area (Å²) < 4.78 is 14.1. The Bertz CT molecular complexity index is 954. The Hall–Kier alpha value is -1.71. The van der Waals surface area contributed by atoms with Crippen molar-refractivity contribution in [1.29, 1.82) is 0 Å². The van der Waals surface area contributed by atoms with Crippen molar-refractivity contribution in [3.63, 3.8) is 0 Å². The molecule has 27 heavy (non-hydrogen) atoms. The molecule has 0 unspecified atom stereocenters. The molecule has 10 nitrogen and oxygen atoms in total. The predicted octanol–water partition coefficient (Wildman–Crippen LogP) is 6.34. The molecule has 0 fully saturated rings. The van der Waals surface area contributed by atoms with Gasteiger partial charge in [-0.25, -0.2) is 4.39 Å². The fourth-order valence-electron chi connectivity index (χ4n) is 1.96. The third-order valence-electron chi connectivity index (χ3n) is 3.15. The monoisotopic (exact) mass is 634 g/mol. The third kappa shape index (κ3) is 4.09. The lowest BCUT2D eigenvalue weighted by Crippen LogP contribution is -2.05. The first-order valence-electron chi connectivity index (χ1n) is 6.37. The maximum absolute atomic E-state index is 14.1. The van der Waals surface area contributed by atoms with E-state index in [4.69, 9.17) is 0 Å². The van der Waals surface area contributed by atoms with E-state index < -0.39 is 43.3 Å². The third-order valence-corrected chi connectivity index (χ3v) is 7.28. The molecule has 1 N–H and O–H groups in total. The summed E-state index contributed by atoms with van der Waals surface area (Å²) >= 11 is 12.1. The normalized spacial score (nSPS) is 10.6. The van der Waals surface area contributed by atoms with Gasteiger partial charge in [-0.05, 0) is 63.7 Å². The van der Waals surface area contributed by atoms with Gasteiger partial charge in [0.25, 0.3) is 5.69 Å². The standard InChI is InChI=1S/C12H3Br4FN4O6/c13-6-8(15)12(9(16)7(14)10(6)17)18-11-4(20(24)25)1-3(19(22)23)2-5(11)21(26)27/h1-2,18H. The van der Waals surface area contributed by atoms with Crippen LogP contribution < -0.4 is 5.32 Å². The number of halogens is 5. The zero-order valence-electron chi connectivity index (χ0n) is 12.3. The number of nitro groups is 3. The minimum absolute atomic E-state index is 0.00945. The van der Waals surface area contributed by atoms with E-state index in [0.717, 1.165) is 0 Å². The lowest BCUT2D eigenvalue weighted by Gasteiger charge is -2.15. The molecule has 0 radical (unpaired) electrons. The zero-order chi connectivity index (χ0) is 20.6. The molecule has 2 rings (SSSR count). The summed E-state index contributed by atoms with van der Waals surface area (Å²) in [5, 5.41) is 36.1. The molecular weight excluding hydrogens is 635 g/mol. The molecule has 0 saturated heterocycles. The van der Waals surface area contributed by atoms with Gasteiger partial charge in [-0.1, -0.05) is 0 Å². The number of hydrogen-bond acceptors (Lipinski definition) is 7. The second kappa shape index (κ2) is 8.12. The highest BCUT2D eigenvalue weighted by atomic mass is 79.9. The van der Waals surface area contributed by atoms with Gasteiger partial charge in [0, 0.05) is 0 Å². The van der Waals surface area contributed by atoms with Gasteiger partial charge in [-0.2, -0.15) is 0 Å². The summed E-state index contributed by atoms with van der Waals surface area (Å²) in [7, 11) is 0. The van der Waals surface area contributed by atoms with Crippen LogP contribution in [0.2, 0.25) is 0 Å². The molecule has 0 bridgehead atoms. The SMILES string of the molecule is O=[N+]([O-])c1cc([N+](=O)[O-])c(Nc2c(Br)c(Br)c(F)c(Br)c2Br)c([N+](=O)[O-])c1. The number of anilines is 2. The fraction of sp³-hybridized carbons (Fsp3) is 0. The van der Waals surface area contributed by atoms with Crippen molar-refractivity contribution in [2.45, 2.75) is 0 Å². The van der Waals surface area contributed by atoms with Crippen LogP contribution in [0.15, 0.2) is 30.0 Å². The lowest BCUT2D eigenvalue weighted by atomic mass is 10.2. The number of rotatable bonds is 5. The van der Waals surface area contributed by atoms with Crippen molar-refractivity contribution in [3.8, 4) is 0 Å². The average Bonchev–Trinajstić information content (AvgIpc) is 2.61. The van der Waals surface area contributed by atoms with Gasteiger partial charge in [0.1, 0.15) is 0 Å². The van der Waals surface area contributed by atoms with E-state index in [2.05, 4.69) is 69.0 Å².